The summed E-state index contributed by atoms with van der Waals surface area (Å²) in [4.78, 5) is 21.9. The van der Waals surface area contributed by atoms with Gasteiger partial charge in [0.1, 0.15) is 18.8 Å². The van der Waals surface area contributed by atoms with Crippen molar-refractivity contribution in [3.05, 3.63) is 70.3 Å². The summed E-state index contributed by atoms with van der Waals surface area (Å²) in [7, 11) is 2.37. The molecular weight excluding hydrogens is 490 g/mol. The second-order valence-corrected chi connectivity index (χ2v) is 7.23. The van der Waals surface area contributed by atoms with E-state index in [1.54, 1.807) is 18.2 Å². The number of oxime groups is 2. The number of alkyl halides is 6. The van der Waals surface area contributed by atoms with Gasteiger partial charge in [-0.15, -0.1) is 11.8 Å². The zero-order valence-corrected chi connectivity index (χ0v) is 18.8. The van der Waals surface area contributed by atoms with Crippen LogP contribution in [-0.2, 0) is 38.2 Å². The summed E-state index contributed by atoms with van der Waals surface area (Å²) in [5.41, 5.74) is -2.88. The summed E-state index contributed by atoms with van der Waals surface area (Å²) in [5, 5.41) is 7.14. The Morgan fingerprint density at radius 3 is 2.03 bits per heavy atom. The van der Waals surface area contributed by atoms with Crippen LogP contribution < -0.4 is 0 Å². The second-order valence-electron chi connectivity index (χ2n) is 6.44. The molecule has 0 aromatic heterocycles. The van der Waals surface area contributed by atoms with Crippen LogP contribution in [0.1, 0.15) is 27.8 Å². The lowest BCUT2D eigenvalue weighted by Gasteiger charge is -2.14. The zero-order valence-electron chi connectivity index (χ0n) is 18.0. The first-order chi connectivity index (χ1) is 15.9. The van der Waals surface area contributed by atoms with Crippen LogP contribution in [0.5, 0.6) is 0 Å². The summed E-state index contributed by atoms with van der Waals surface area (Å²) in [6, 6.07) is 7.45. The fourth-order valence-electron chi connectivity index (χ4n) is 2.71. The molecule has 0 amide bonds. The molecule has 0 aliphatic heterocycles. The number of carbonyl (C=O) groups is 1. The van der Waals surface area contributed by atoms with E-state index in [0.717, 1.165) is 18.9 Å². The summed E-state index contributed by atoms with van der Waals surface area (Å²) in [6.07, 6.45) is -8.57. The molecule has 2 aromatic rings. The molecule has 0 aliphatic rings. The maximum atomic E-state index is 13.1. The van der Waals surface area contributed by atoms with Crippen LogP contribution in [0.3, 0.4) is 0 Å². The summed E-state index contributed by atoms with van der Waals surface area (Å²) >= 11 is 0.796. The SMILES string of the molecule is CON=C(C(=O)OC)c1ccccc1CON=C(SC)c1cc(C(F)(F)F)cc(C(F)(F)F)c1. The minimum absolute atomic E-state index is 0.0298. The number of thioether (sulfide) groups is 1. The number of hydrogen-bond acceptors (Lipinski definition) is 7. The van der Waals surface area contributed by atoms with Crippen LogP contribution in [0.4, 0.5) is 26.3 Å². The minimum atomic E-state index is -5.00. The molecule has 184 valence electrons. The van der Waals surface area contributed by atoms with Gasteiger partial charge in [-0.2, -0.15) is 26.3 Å². The van der Waals surface area contributed by atoms with Crippen LogP contribution in [-0.4, -0.2) is 37.2 Å². The average molecular weight is 508 g/mol. The second kappa shape index (κ2) is 11.3. The standard InChI is InChI=1S/C21H18F6N2O4S/c1-31-19(30)17(28-32-2)16-7-5-4-6-12(16)11-33-29-18(34-3)13-8-14(20(22,23)24)10-15(9-13)21(25,26)27/h4-10H,11H2,1-3H3. The average Bonchev–Trinajstić information content (AvgIpc) is 2.78. The molecule has 0 saturated carbocycles. The Balaban J connectivity index is 2.40. The van der Waals surface area contributed by atoms with Crippen LogP contribution >= 0.6 is 11.8 Å². The van der Waals surface area contributed by atoms with Crippen LogP contribution in [0.15, 0.2) is 52.8 Å². The number of ether oxygens (including phenoxy) is 1. The van der Waals surface area contributed by atoms with Crippen molar-refractivity contribution in [2.75, 3.05) is 20.5 Å². The van der Waals surface area contributed by atoms with E-state index in [0.29, 0.717) is 17.7 Å². The van der Waals surface area contributed by atoms with Gasteiger partial charge in [0.15, 0.2) is 5.71 Å². The first kappa shape index (κ1) is 27.0. The van der Waals surface area contributed by atoms with Crippen molar-refractivity contribution in [3.8, 4) is 0 Å². The normalized spacial score (nSPS) is 13.0. The van der Waals surface area contributed by atoms with Gasteiger partial charge in [-0.25, -0.2) is 4.79 Å². The predicted octanol–water partition coefficient (Wildman–Crippen LogP) is 5.49. The fourth-order valence-corrected chi connectivity index (χ4v) is 3.19. The van der Waals surface area contributed by atoms with E-state index in [-0.39, 0.29) is 29.0 Å². The molecule has 0 aliphatic carbocycles. The lowest BCUT2D eigenvalue weighted by atomic mass is 10.0. The highest BCUT2D eigenvalue weighted by molar-refractivity contribution is 8.13. The summed E-state index contributed by atoms with van der Waals surface area (Å²) in [6.45, 7) is -0.287. The molecule has 0 heterocycles. The third-order valence-electron chi connectivity index (χ3n) is 4.23. The molecule has 0 fully saturated rings. The van der Waals surface area contributed by atoms with Gasteiger partial charge in [0, 0.05) is 16.7 Å². The van der Waals surface area contributed by atoms with Gasteiger partial charge in [0.2, 0.25) is 0 Å². The molecule has 13 heteroatoms. The molecule has 2 rings (SSSR count). The van der Waals surface area contributed by atoms with Crippen LogP contribution in [0, 0.1) is 0 Å². The number of nitrogens with zero attached hydrogens (tertiary/aromatic N) is 2. The third-order valence-corrected chi connectivity index (χ3v) is 4.93. The van der Waals surface area contributed by atoms with Crippen molar-refractivity contribution in [2.24, 2.45) is 10.3 Å². The Labute approximate surface area is 194 Å². The highest BCUT2D eigenvalue weighted by Crippen LogP contribution is 2.37. The van der Waals surface area contributed by atoms with E-state index >= 15 is 0 Å². The summed E-state index contributed by atoms with van der Waals surface area (Å²) < 4.78 is 83.6. The monoisotopic (exact) mass is 508 g/mol. The first-order valence-electron chi connectivity index (χ1n) is 9.24. The van der Waals surface area contributed by atoms with Crippen molar-refractivity contribution < 1.29 is 45.5 Å². The highest BCUT2D eigenvalue weighted by Gasteiger charge is 2.37. The molecule has 2 aromatic carbocycles. The Morgan fingerprint density at radius 2 is 1.53 bits per heavy atom. The number of halogens is 6. The smallest absolute Gasteiger partial charge is 0.416 e. The first-order valence-corrected chi connectivity index (χ1v) is 10.5. The maximum absolute atomic E-state index is 13.1. The number of rotatable bonds is 7. The van der Waals surface area contributed by atoms with Crippen molar-refractivity contribution in [2.45, 2.75) is 19.0 Å². The Bertz CT molecular complexity index is 1050. The number of esters is 1. The Kier molecular flexibility index (Phi) is 8.96. The van der Waals surface area contributed by atoms with Gasteiger partial charge >= 0.3 is 18.3 Å². The Morgan fingerprint density at radius 1 is 0.941 bits per heavy atom. The van der Waals surface area contributed by atoms with Crippen molar-refractivity contribution in [1.29, 1.82) is 0 Å². The summed E-state index contributed by atoms with van der Waals surface area (Å²) in [5.74, 6) is -0.800. The van der Waals surface area contributed by atoms with Gasteiger partial charge in [0.25, 0.3) is 0 Å². The molecule has 0 radical (unpaired) electrons. The molecule has 0 unspecified atom stereocenters. The number of benzene rings is 2. The van der Waals surface area contributed by atoms with Crippen molar-refractivity contribution in [1.82, 2.24) is 0 Å². The molecule has 0 N–H and O–H groups in total. The molecule has 0 bridgehead atoms. The molecule has 0 saturated heterocycles. The van der Waals surface area contributed by atoms with Crippen molar-refractivity contribution >= 4 is 28.5 Å². The fraction of sp³-hybridized carbons (Fsp3) is 0.286. The van der Waals surface area contributed by atoms with E-state index in [1.807, 2.05) is 0 Å². The molecule has 6 nitrogen and oxygen atoms in total. The zero-order chi connectivity index (χ0) is 25.5. The van der Waals surface area contributed by atoms with Gasteiger partial charge in [-0.05, 0) is 24.5 Å². The van der Waals surface area contributed by atoms with Crippen LogP contribution in [0.2, 0.25) is 0 Å². The minimum Gasteiger partial charge on any atom is -0.464 e. The van der Waals surface area contributed by atoms with Crippen molar-refractivity contribution in [3.63, 3.8) is 0 Å². The van der Waals surface area contributed by atoms with Crippen LogP contribution in [0.25, 0.3) is 0 Å². The van der Waals surface area contributed by atoms with E-state index in [9.17, 15) is 31.1 Å². The molecular formula is C21H18F6N2O4S. The van der Waals surface area contributed by atoms with E-state index < -0.39 is 35.0 Å². The highest BCUT2D eigenvalue weighted by atomic mass is 32.2. The lowest BCUT2D eigenvalue weighted by molar-refractivity contribution is -0.143. The predicted molar refractivity (Wildman–Crippen MR) is 113 cm³/mol. The molecule has 34 heavy (non-hydrogen) atoms. The number of hydrogen-bond donors (Lipinski definition) is 0. The number of methoxy groups -OCH3 is 1. The van der Waals surface area contributed by atoms with Gasteiger partial charge < -0.3 is 14.4 Å². The van der Waals surface area contributed by atoms with E-state index in [1.165, 1.54) is 19.4 Å². The van der Waals surface area contributed by atoms with E-state index in [2.05, 4.69) is 19.9 Å². The quantitative estimate of drug-likeness (QED) is 0.163. The number of carbonyl (C=O) groups excluding carboxylic acids is 1. The molecule has 0 spiro atoms. The largest absolute Gasteiger partial charge is 0.464 e. The van der Waals surface area contributed by atoms with Gasteiger partial charge in [0.05, 0.1) is 18.2 Å². The third kappa shape index (κ3) is 6.89. The van der Waals surface area contributed by atoms with E-state index in [4.69, 9.17) is 4.84 Å². The molecule has 0 atom stereocenters. The topological polar surface area (TPSA) is 69.5 Å². The lowest BCUT2D eigenvalue weighted by Crippen LogP contribution is -2.19. The van der Waals surface area contributed by atoms with Gasteiger partial charge in [-0.1, -0.05) is 34.6 Å². The Hall–Kier alpha value is -3.22. The maximum Gasteiger partial charge on any atom is 0.416 e. The van der Waals surface area contributed by atoms with Gasteiger partial charge in [-0.3, -0.25) is 0 Å².